The molecule has 2 aromatic heterocycles. The molecule has 1 aliphatic heterocycles. The molecule has 162 valence electrons. The molecule has 2 N–H and O–H groups in total. The van der Waals surface area contributed by atoms with Crippen molar-refractivity contribution in [3.63, 3.8) is 0 Å². The fourth-order valence-electron chi connectivity index (χ4n) is 3.29. The summed E-state index contributed by atoms with van der Waals surface area (Å²) in [5.41, 5.74) is 1.40. The van der Waals surface area contributed by atoms with Gasteiger partial charge in [0, 0.05) is 24.5 Å². The quantitative estimate of drug-likeness (QED) is 0.620. The predicted octanol–water partition coefficient (Wildman–Crippen LogP) is 3.40. The van der Waals surface area contributed by atoms with Crippen molar-refractivity contribution in [2.45, 2.75) is 19.6 Å². The number of nitrogens with one attached hydrogen (secondary N) is 2. The van der Waals surface area contributed by atoms with Crippen molar-refractivity contribution < 1.29 is 18.3 Å². The lowest BCUT2D eigenvalue weighted by Crippen LogP contribution is -2.44. The molecule has 3 aromatic rings. The van der Waals surface area contributed by atoms with E-state index in [9.17, 15) is 13.6 Å². The van der Waals surface area contributed by atoms with E-state index in [1.165, 1.54) is 12.1 Å². The molecule has 1 aliphatic rings. The SMILES string of the molecule is CC1COCCN1c1nccc(Nc2cc(-c3ccc(OC(F)F)cc3)c[nH]c2=O)n1. The summed E-state index contributed by atoms with van der Waals surface area (Å²) >= 11 is 0. The van der Waals surface area contributed by atoms with Crippen molar-refractivity contribution >= 4 is 17.5 Å². The minimum absolute atomic E-state index is 0.0624. The average Bonchev–Trinajstić information content (AvgIpc) is 2.76. The van der Waals surface area contributed by atoms with E-state index < -0.39 is 6.61 Å². The molecule has 10 heteroatoms. The van der Waals surface area contributed by atoms with Crippen LogP contribution in [0, 0.1) is 0 Å². The highest BCUT2D eigenvalue weighted by Gasteiger charge is 2.21. The second-order valence-electron chi connectivity index (χ2n) is 7.02. The van der Waals surface area contributed by atoms with Crippen molar-refractivity contribution in [3.05, 3.63) is 59.1 Å². The van der Waals surface area contributed by atoms with Gasteiger partial charge in [0.1, 0.15) is 17.3 Å². The molecule has 0 aliphatic carbocycles. The van der Waals surface area contributed by atoms with Gasteiger partial charge in [-0.05, 0) is 36.8 Å². The number of pyridine rings is 1. The zero-order valence-corrected chi connectivity index (χ0v) is 16.7. The van der Waals surface area contributed by atoms with Gasteiger partial charge in [0.05, 0.1) is 19.3 Å². The van der Waals surface area contributed by atoms with Gasteiger partial charge in [0.15, 0.2) is 0 Å². The summed E-state index contributed by atoms with van der Waals surface area (Å²) < 4.78 is 34.5. The number of morpholine rings is 1. The number of hydrogen-bond donors (Lipinski definition) is 2. The van der Waals surface area contributed by atoms with Crippen LogP contribution in [0.15, 0.2) is 53.6 Å². The Bertz CT molecular complexity index is 1090. The van der Waals surface area contributed by atoms with Gasteiger partial charge in [-0.15, -0.1) is 0 Å². The van der Waals surface area contributed by atoms with Gasteiger partial charge in [0.2, 0.25) is 5.95 Å². The van der Waals surface area contributed by atoms with E-state index in [-0.39, 0.29) is 17.4 Å². The maximum Gasteiger partial charge on any atom is 0.387 e. The van der Waals surface area contributed by atoms with E-state index in [0.29, 0.717) is 42.8 Å². The normalized spacial score (nSPS) is 16.4. The molecule has 1 atom stereocenters. The van der Waals surface area contributed by atoms with Crippen LogP contribution in [0.5, 0.6) is 5.75 Å². The summed E-state index contributed by atoms with van der Waals surface area (Å²) in [6.07, 6.45) is 3.18. The molecule has 0 radical (unpaired) electrons. The maximum absolute atomic E-state index is 12.3. The Morgan fingerprint density at radius 2 is 2.06 bits per heavy atom. The maximum atomic E-state index is 12.3. The van der Waals surface area contributed by atoms with Crippen molar-refractivity contribution in [2.75, 3.05) is 30.0 Å². The molecule has 3 heterocycles. The molecule has 0 amide bonds. The standard InChI is InChI=1S/C21H21F2N5O3/c1-13-12-30-9-8-28(13)21-24-7-6-18(27-21)26-17-10-15(11-25-19(17)29)14-2-4-16(5-3-14)31-20(22)23/h2-7,10-11,13,20H,8-9,12H2,1H3,(H,25,29)(H,24,26,27). The van der Waals surface area contributed by atoms with Crippen LogP contribution in [0.2, 0.25) is 0 Å². The van der Waals surface area contributed by atoms with Gasteiger partial charge in [-0.2, -0.15) is 13.8 Å². The summed E-state index contributed by atoms with van der Waals surface area (Å²) in [4.78, 5) is 25.9. The van der Waals surface area contributed by atoms with Crippen LogP contribution in [-0.4, -0.2) is 47.4 Å². The number of aromatic amines is 1. The van der Waals surface area contributed by atoms with Gasteiger partial charge in [-0.25, -0.2) is 4.98 Å². The number of alkyl halides is 2. The molecule has 0 saturated carbocycles. The summed E-state index contributed by atoms with van der Waals surface area (Å²) in [6.45, 7) is 1.05. The number of halogens is 2. The Kier molecular flexibility index (Phi) is 6.08. The number of benzene rings is 1. The highest BCUT2D eigenvalue weighted by Crippen LogP contribution is 2.25. The molecule has 1 unspecified atom stereocenters. The molecule has 1 fully saturated rings. The summed E-state index contributed by atoms with van der Waals surface area (Å²) in [7, 11) is 0. The number of rotatable bonds is 6. The van der Waals surface area contributed by atoms with Gasteiger partial charge < -0.3 is 24.7 Å². The van der Waals surface area contributed by atoms with Gasteiger partial charge in [-0.1, -0.05) is 12.1 Å². The van der Waals surface area contributed by atoms with Crippen LogP contribution in [0.1, 0.15) is 6.92 Å². The first-order chi connectivity index (χ1) is 15.0. The van der Waals surface area contributed by atoms with E-state index in [1.807, 2.05) is 6.92 Å². The van der Waals surface area contributed by atoms with Crippen LogP contribution in [0.4, 0.5) is 26.2 Å². The van der Waals surface area contributed by atoms with Crippen LogP contribution >= 0.6 is 0 Å². The van der Waals surface area contributed by atoms with Gasteiger partial charge >= 0.3 is 6.61 Å². The Balaban J connectivity index is 1.55. The monoisotopic (exact) mass is 429 g/mol. The minimum atomic E-state index is -2.88. The van der Waals surface area contributed by atoms with Gasteiger partial charge in [0.25, 0.3) is 5.56 Å². The Morgan fingerprint density at radius 3 is 2.81 bits per heavy atom. The third-order valence-corrected chi connectivity index (χ3v) is 4.85. The Hall–Kier alpha value is -3.53. The van der Waals surface area contributed by atoms with Crippen molar-refractivity contribution in [1.29, 1.82) is 0 Å². The number of H-pyrrole nitrogens is 1. The molecule has 8 nitrogen and oxygen atoms in total. The number of anilines is 3. The van der Waals surface area contributed by atoms with Crippen molar-refractivity contribution in [1.82, 2.24) is 15.0 Å². The summed E-state index contributed by atoms with van der Waals surface area (Å²) in [5, 5.41) is 3.04. The average molecular weight is 429 g/mol. The molecule has 1 aromatic carbocycles. The predicted molar refractivity (Wildman–Crippen MR) is 112 cm³/mol. The Morgan fingerprint density at radius 1 is 1.26 bits per heavy atom. The molecule has 4 rings (SSSR count). The first kappa shape index (κ1) is 20.7. The van der Waals surface area contributed by atoms with Gasteiger partial charge in [-0.3, -0.25) is 4.79 Å². The van der Waals surface area contributed by atoms with E-state index in [4.69, 9.17) is 4.74 Å². The lowest BCUT2D eigenvalue weighted by molar-refractivity contribution is -0.0498. The highest BCUT2D eigenvalue weighted by molar-refractivity contribution is 5.69. The number of nitrogens with zero attached hydrogens (tertiary/aromatic N) is 3. The fraction of sp³-hybridized carbons (Fsp3) is 0.286. The lowest BCUT2D eigenvalue weighted by atomic mass is 10.1. The lowest BCUT2D eigenvalue weighted by Gasteiger charge is -2.33. The second-order valence-corrected chi connectivity index (χ2v) is 7.02. The number of aromatic nitrogens is 3. The number of ether oxygens (including phenoxy) is 2. The largest absolute Gasteiger partial charge is 0.435 e. The van der Waals surface area contributed by atoms with E-state index in [2.05, 4.69) is 29.9 Å². The minimum Gasteiger partial charge on any atom is -0.435 e. The van der Waals surface area contributed by atoms with E-state index >= 15 is 0 Å². The van der Waals surface area contributed by atoms with Crippen LogP contribution in [0.3, 0.4) is 0 Å². The second kappa shape index (κ2) is 9.09. The number of hydrogen-bond acceptors (Lipinski definition) is 7. The van der Waals surface area contributed by atoms with Crippen LogP contribution < -0.4 is 20.5 Å². The molecule has 31 heavy (non-hydrogen) atoms. The zero-order valence-electron chi connectivity index (χ0n) is 16.7. The van der Waals surface area contributed by atoms with Crippen molar-refractivity contribution in [3.8, 4) is 16.9 Å². The summed E-state index contributed by atoms with van der Waals surface area (Å²) in [5.74, 6) is 1.10. The first-order valence-corrected chi connectivity index (χ1v) is 9.72. The molecule has 0 bridgehead atoms. The first-order valence-electron chi connectivity index (χ1n) is 9.72. The summed E-state index contributed by atoms with van der Waals surface area (Å²) in [6, 6.07) is 9.65. The smallest absolute Gasteiger partial charge is 0.387 e. The third kappa shape index (κ3) is 4.97. The third-order valence-electron chi connectivity index (χ3n) is 4.85. The fourth-order valence-corrected chi connectivity index (χ4v) is 3.29. The van der Waals surface area contributed by atoms with Crippen molar-refractivity contribution in [2.24, 2.45) is 0 Å². The highest BCUT2D eigenvalue weighted by atomic mass is 19.3. The zero-order chi connectivity index (χ0) is 21.8. The van der Waals surface area contributed by atoms with Crippen LogP contribution in [0.25, 0.3) is 11.1 Å². The van der Waals surface area contributed by atoms with E-state index in [1.54, 1.807) is 36.7 Å². The molecular formula is C21H21F2N5O3. The topological polar surface area (TPSA) is 92.4 Å². The van der Waals surface area contributed by atoms with Crippen LogP contribution in [-0.2, 0) is 4.74 Å². The molecule has 1 saturated heterocycles. The van der Waals surface area contributed by atoms with E-state index in [0.717, 1.165) is 5.56 Å². The Labute approximate surface area is 176 Å². The molecule has 0 spiro atoms. The molecular weight excluding hydrogens is 408 g/mol.